The third-order valence-corrected chi connectivity index (χ3v) is 9.79. The number of fused-ring (bicyclic) bond motifs is 2. The van der Waals surface area contributed by atoms with E-state index in [0.29, 0.717) is 0 Å². The van der Waals surface area contributed by atoms with Crippen LogP contribution in [0.4, 0.5) is 0 Å². The number of nitrogens with zero attached hydrogens (tertiary/aromatic N) is 2. The van der Waals surface area contributed by atoms with E-state index in [1.807, 2.05) is 24.5 Å². The SMILES string of the molecule is c1ccc(-c2c(-c3ccc4ncccc4c3)cccc2-c2ccc3ncccc3c2)c(PC2CCCCC2)c1. The van der Waals surface area contributed by atoms with Crippen molar-refractivity contribution in [2.75, 3.05) is 0 Å². The molecule has 0 spiro atoms. The number of hydrogen-bond acceptors (Lipinski definition) is 2. The highest BCUT2D eigenvalue weighted by atomic mass is 31.1. The van der Waals surface area contributed by atoms with Gasteiger partial charge in [-0.25, -0.2) is 0 Å². The van der Waals surface area contributed by atoms with E-state index in [1.165, 1.54) is 81.6 Å². The van der Waals surface area contributed by atoms with Crippen molar-refractivity contribution in [3.05, 3.63) is 116 Å². The van der Waals surface area contributed by atoms with E-state index in [4.69, 9.17) is 0 Å². The van der Waals surface area contributed by atoms with Crippen molar-refractivity contribution in [2.45, 2.75) is 37.8 Å². The van der Waals surface area contributed by atoms with Crippen molar-refractivity contribution in [3.8, 4) is 33.4 Å². The van der Waals surface area contributed by atoms with Crippen LogP contribution < -0.4 is 5.30 Å². The third kappa shape index (κ3) is 4.86. The van der Waals surface area contributed by atoms with Crippen molar-refractivity contribution in [2.24, 2.45) is 0 Å². The topological polar surface area (TPSA) is 25.8 Å². The summed E-state index contributed by atoms with van der Waals surface area (Å²) in [6, 6.07) is 37.6. The van der Waals surface area contributed by atoms with E-state index in [2.05, 4.69) is 101 Å². The Morgan fingerprint density at radius 3 is 1.77 bits per heavy atom. The summed E-state index contributed by atoms with van der Waals surface area (Å²) in [6.45, 7) is 0. The zero-order chi connectivity index (χ0) is 26.0. The van der Waals surface area contributed by atoms with Crippen LogP contribution in [0.25, 0.3) is 55.2 Å². The second-order valence-corrected chi connectivity index (χ2v) is 12.2. The summed E-state index contributed by atoms with van der Waals surface area (Å²) in [7, 11) is 0.835. The second kappa shape index (κ2) is 10.7. The zero-order valence-corrected chi connectivity index (χ0v) is 23.0. The minimum atomic E-state index is 0.800. The molecule has 6 aromatic rings. The molecule has 1 saturated carbocycles. The van der Waals surface area contributed by atoms with Crippen molar-refractivity contribution in [1.82, 2.24) is 9.97 Å². The summed E-state index contributed by atoms with van der Waals surface area (Å²) in [6.07, 6.45) is 10.6. The molecule has 1 unspecified atom stereocenters. The van der Waals surface area contributed by atoms with E-state index in [1.54, 1.807) is 0 Å². The van der Waals surface area contributed by atoms with Gasteiger partial charge in [-0.3, -0.25) is 9.97 Å². The van der Waals surface area contributed by atoms with Crippen LogP contribution in [0.15, 0.2) is 116 Å². The Labute approximate surface area is 232 Å². The monoisotopic (exact) mass is 522 g/mol. The van der Waals surface area contributed by atoms with Gasteiger partial charge in [0, 0.05) is 23.2 Å². The molecule has 0 radical (unpaired) electrons. The molecule has 1 aliphatic carbocycles. The van der Waals surface area contributed by atoms with Crippen molar-refractivity contribution < 1.29 is 0 Å². The lowest BCUT2D eigenvalue weighted by Crippen LogP contribution is -2.12. The molecule has 190 valence electrons. The van der Waals surface area contributed by atoms with Crippen LogP contribution in [0.1, 0.15) is 32.1 Å². The molecule has 1 atom stereocenters. The Kier molecular flexibility index (Phi) is 6.65. The highest BCUT2D eigenvalue weighted by Crippen LogP contribution is 2.43. The minimum Gasteiger partial charge on any atom is -0.256 e. The summed E-state index contributed by atoms with van der Waals surface area (Å²) in [5.74, 6) is 0. The van der Waals surface area contributed by atoms with Gasteiger partial charge in [0.05, 0.1) is 11.0 Å². The van der Waals surface area contributed by atoms with Gasteiger partial charge in [-0.05, 0) is 93.6 Å². The van der Waals surface area contributed by atoms with Crippen molar-refractivity contribution in [1.29, 1.82) is 0 Å². The van der Waals surface area contributed by atoms with Gasteiger partial charge in [0.1, 0.15) is 0 Å². The first-order valence-electron chi connectivity index (χ1n) is 14.0. The normalized spacial score (nSPS) is 14.5. The number of benzene rings is 4. The first-order valence-corrected chi connectivity index (χ1v) is 15.1. The third-order valence-electron chi connectivity index (χ3n) is 8.05. The molecule has 1 fully saturated rings. The fourth-order valence-electron chi connectivity index (χ4n) is 6.10. The average molecular weight is 523 g/mol. The molecule has 0 bridgehead atoms. The molecule has 2 nitrogen and oxygen atoms in total. The number of rotatable bonds is 5. The van der Waals surface area contributed by atoms with Gasteiger partial charge in [-0.1, -0.05) is 94.6 Å². The van der Waals surface area contributed by atoms with Gasteiger partial charge >= 0.3 is 0 Å². The van der Waals surface area contributed by atoms with Crippen LogP contribution in [-0.2, 0) is 0 Å². The molecular weight excluding hydrogens is 491 g/mol. The predicted octanol–water partition coefficient (Wildman–Crippen LogP) is 9.42. The fourth-order valence-corrected chi connectivity index (χ4v) is 7.80. The Balaban J connectivity index is 1.45. The van der Waals surface area contributed by atoms with E-state index >= 15 is 0 Å². The number of aromatic nitrogens is 2. The van der Waals surface area contributed by atoms with E-state index < -0.39 is 0 Å². The van der Waals surface area contributed by atoms with E-state index in [9.17, 15) is 0 Å². The predicted molar refractivity (Wildman–Crippen MR) is 168 cm³/mol. The molecule has 3 heteroatoms. The van der Waals surface area contributed by atoms with Crippen LogP contribution in [0, 0.1) is 0 Å². The second-order valence-electron chi connectivity index (χ2n) is 10.6. The first kappa shape index (κ1) is 24.2. The maximum atomic E-state index is 4.56. The molecule has 0 amide bonds. The molecule has 4 aromatic carbocycles. The lowest BCUT2D eigenvalue weighted by atomic mass is 9.87. The number of pyridine rings is 2. The molecule has 7 rings (SSSR count). The summed E-state index contributed by atoms with van der Waals surface area (Å²) in [4.78, 5) is 9.13. The largest absolute Gasteiger partial charge is 0.256 e. The van der Waals surface area contributed by atoms with Gasteiger partial charge in [-0.2, -0.15) is 0 Å². The summed E-state index contributed by atoms with van der Waals surface area (Å²) < 4.78 is 0. The summed E-state index contributed by atoms with van der Waals surface area (Å²) in [5.41, 5.74) is 10.5. The van der Waals surface area contributed by atoms with Crippen molar-refractivity contribution >= 4 is 35.7 Å². The molecule has 0 N–H and O–H groups in total. The molecular formula is C36H31N2P. The molecule has 1 aliphatic rings. The van der Waals surface area contributed by atoms with Gasteiger partial charge in [0.15, 0.2) is 0 Å². The van der Waals surface area contributed by atoms with E-state index in [-0.39, 0.29) is 0 Å². The highest BCUT2D eigenvalue weighted by molar-refractivity contribution is 7.48. The smallest absolute Gasteiger partial charge is 0.0702 e. The van der Waals surface area contributed by atoms with Gasteiger partial charge in [-0.15, -0.1) is 0 Å². The Hall–Kier alpha value is -3.87. The molecule has 0 aliphatic heterocycles. The van der Waals surface area contributed by atoms with Gasteiger partial charge in [0.25, 0.3) is 0 Å². The van der Waals surface area contributed by atoms with Crippen LogP contribution in [-0.4, -0.2) is 15.6 Å². The molecule has 2 heterocycles. The van der Waals surface area contributed by atoms with Crippen LogP contribution in [0.5, 0.6) is 0 Å². The van der Waals surface area contributed by atoms with Gasteiger partial charge < -0.3 is 0 Å². The molecule has 2 aromatic heterocycles. The maximum absolute atomic E-state index is 4.56. The quantitative estimate of drug-likeness (QED) is 0.211. The standard InChI is InChI=1S/C36H31N2P/c1-2-11-29(12-3-1)39-35-16-5-4-13-32(35)36-30(25-17-19-33-27(23-25)9-7-21-37-33)14-6-15-31(36)26-18-20-34-28(24-26)10-8-22-38-34/h4-10,13-24,29,39H,1-3,11-12H2. The lowest BCUT2D eigenvalue weighted by Gasteiger charge is -2.24. The van der Waals surface area contributed by atoms with Crippen molar-refractivity contribution in [3.63, 3.8) is 0 Å². The fraction of sp³-hybridized carbons (Fsp3) is 0.167. The Bertz CT molecular complexity index is 1690. The maximum Gasteiger partial charge on any atom is 0.0702 e. The highest BCUT2D eigenvalue weighted by Gasteiger charge is 2.20. The molecule has 0 saturated heterocycles. The van der Waals surface area contributed by atoms with Gasteiger partial charge in [0.2, 0.25) is 0 Å². The lowest BCUT2D eigenvalue weighted by molar-refractivity contribution is 0.514. The van der Waals surface area contributed by atoms with Crippen LogP contribution in [0.3, 0.4) is 0 Å². The average Bonchev–Trinajstić information content (AvgIpc) is 3.01. The van der Waals surface area contributed by atoms with E-state index in [0.717, 1.165) is 25.3 Å². The molecule has 39 heavy (non-hydrogen) atoms. The zero-order valence-electron chi connectivity index (χ0n) is 22.0. The number of hydrogen-bond donors (Lipinski definition) is 0. The summed E-state index contributed by atoms with van der Waals surface area (Å²) in [5, 5.41) is 3.82. The first-order chi connectivity index (χ1) is 19.3. The van der Waals surface area contributed by atoms with Crippen LogP contribution in [0.2, 0.25) is 0 Å². The Morgan fingerprint density at radius 1 is 0.538 bits per heavy atom. The minimum absolute atomic E-state index is 0.800. The summed E-state index contributed by atoms with van der Waals surface area (Å²) >= 11 is 0. The Morgan fingerprint density at radius 2 is 1.13 bits per heavy atom. The van der Waals surface area contributed by atoms with Crippen LogP contribution >= 0.6 is 8.58 Å².